The van der Waals surface area contributed by atoms with Crippen molar-refractivity contribution >= 4 is 23.1 Å². The lowest BCUT2D eigenvalue weighted by atomic mass is 10.3. The molecule has 0 unspecified atom stereocenters. The summed E-state index contributed by atoms with van der Waals surface area (Å²) in [7, 11) is 0. The van der Waals surface area contributed by atoms with Gasteiger partial charge in [0.2, 0.25) is 11.7 Å². The molecule has 0 spiro atoms. The van der Waals surface area contributed by atoms with Gasteiger partial charge in [0.05, 0.1) is 10.6 Å². The second-order valence-electron chi connectivity index (χ2n) is 4.36. The van der Waals surface area contributed by atoms with Crippen LogP contribution in [0, 0.1) is 13.8 Å². The van der Waals surface area contributed by atoms with Crippen LogP contribution in [0.3, 0.4) is 0 Å². The molecule has 8 heteroatoms. The standard InChI is InChI=1S/C13H12N4O2S2/c1-7-8(2)14-13(16-12(7)18)21-6-10-15-11(17-19-10)9-4-3-5-20-9/h3-5H,6H2,1-2H3,(H,14,16,18). The minimum Gasteiger partial charge on any atom is -0.338 e. The zero-order valence-corrected chi connectivity index (χ0v) is 13.0. The third kappa shape index (κ3) is 3.06. The van der Waals surface area contributed by atoms with Gasteiger partial charge in [0.1, 0.15) is 0 Å². The first-order chi connectivity index (χ1) is 10.1. The average Bonchev–Trinajstić information content (AvgIpc) is 3.12. The molecule has 3 aromatic heterocycles. The van der Waals surface area contributed by atoms with Crippen molar-refractivity contribution in [3.8, 4) is 10.7 Å². The number of H-pyrrole nitrogens is 1. The highest BCUT2D eigenvalue weighted by molar-refractivity contribution is 7.98. The van der Waals surface area contributed by atoms with Crippen molar-refractivity contribution in [2.24, 2.45) is 0 Å². The zero-order valence-electron chi connectivity index (χ0n) is 11.4. The Labute approximate surface area is 128 Å². The molecule has 0 aliphatic carbocycles. The van der Waals surface area contributed by atoms with E-state index in [4.69, 9.17) is 4.52 Å². The molecule has 0 aromatic carbocycles. The van der Waals surface area contributed by atoms with Crippen molar-refractivity contribution in [3.63, 3.8) is 0 Å². The third-order valence-corrected chi connectivity index (χ3v) is 4.64. The van der Waals surface area contributed by atoms with Crippen LogP contribution in [0.15, 0.2) is 32.0 Å². The molecule has 3 rings (SSSR count). The summed E-state index contributed by atoms with van der Waals surface area (Å²) < 4.78 is 5.20. The van der Waals surface area contributed by atoms with Crippen molar-refractivity contribution in [2.45, 2.75) is 24.8 Å². The van der Waals surface area contributed by atoms with Gasteiger partial charge in [-0.15, -0.1) is 11.3 Å². The van der Waals surface area contributed by atoms with E-state index in [1.54, 1.807) is 18.3 Å². The van der Waals surface area contributed by atoms with E-state index in [1.165, 1.54) is 11.8 Å². The number of aromatic nitrogens is 4. The molecular formula is C13H12N4O2S2. The monoisotopic (exact) mass is 320 g/mol. The van der Waals surface area contributed by atoms with E-state index < -0.39 is 0 Å². The maximum atomic E-state index is 11.7. The largest absolute Gasteiger partial charge is 0.338 e. The van der Waals surface area contributed by atoms with Gasteiger partial charge < -0.3 is 9.51 Å². The van der Waals surface area contributed by atoms with E-state index in [9.17, 15) is 4.79 Å². The SMILES string of the molecule is Cc1nc(SCc2nc(-c3cccs3)no2)[nH]c(=O)c1C. The highest BCUT2D eigenvalue weighted by atomic mass is 32.2. The second-order valence-corrected chi connectivity index (χ2v) is 6.27. The summed E-state index contributed by atoms with van der Waals surface area (Å²) in [6.07, 6.45) is 0. The first-order valence-electron chi connectivity index (χ1n) is 6.20. The summed E-state index contributed by atoms with van der Waals surface area (Å²) in [5.41, 5.74) is 1.25. The number of thioether (sulfide) groups is 1. The van der Waals surface area contributed by atoms with E-state index in [0.717, 1.165) is 10.6 Å². The summed E-state index contributed by atoms with van der Waals surface area (Å²) >= 11 is 2.92. The van der Waals surface area contributed by atoms with Crippen molar-refractivity contribution < 1.29 is 4.52 Å². The van der Waals surface area contributed by atoms with E-state index in [2.05, 4.69) is 20.1 Å². The molecule has 0 saturated carbocycles. The molecule has 0 aliphatic heterocycles. The Morgan fingerprint density at radius 3 is 2.95 bits per heavy atom. The Bertz CT molecular complexity index is 808. The maximum absolute atomic E-state index is 11.7. The molecule has 3 aromatic rings. The van der Waals surface area contributed by atoms with Crippen LogP contribution in [0.4, 0.5) is 0 Å². The van der Waals surface area contributed by atoms with E-state index >= 15 is 0 Å². The number of nitrogens with zero attached hydrogens (tertiary/aromatic N) is 3. The van der Waals surface area contributed by atoms with Crippen LogP contribution in [-0.2, 0) is 5.75 Å². The van der Waals surface area contributed by atoms with Gasteiger partial charge in [-0.3, -0.25) is 4.79 Å². The normalized spacial score (nSPS) is 11.0. The number of nitrogens with one attached hydrogen (secondary N) is 1. The quantitative estimate of drug-likeness (QED) is 0.588. The second kappa shape index (κ2) is 5.82. The molecule has 0 radical (unpaired) electrons. The predicted octanol–water partition coefficient (Wildman–Crippen LogP) is 2.79. The molecule has 0 amide bonds. The van der Waals surface area contributed by atoms with Gasteiger partial charge in [-0.05, 0) is 25.3 Å². The number of hydrogen-bond acceptors (Lipinski definition) is 7. The van der Waals surface area contributed by atoms with Crippen molar-refractivity contribution in [1.29, 1.82) is 0 Å². The van der Waals surface area contributed by atoms with Gasteiger partial charge >= 0.3 is 0 Å². The van der Waals surface area contributed by atoms with Crippen molar-refractivity contribution in [2.75, 3.05) is 0 Å². The third-order valence-electron chi connectivity index (χ3n) is 2.92. The molecular weight excluding hydrogens is 308 g/mol. The van der Waals surface area contributed by atoms with Gasteiger partial charge in [0.25, 0.3) is 5.56 Å². The fourth-order valence-electron chi connectivity index (χ4n) is 1.64. The van der Waals surface area contributed by atoms with Crippen LogP contribution in [0.5, 0.6) is 0 Å². The molecule has 21 heavy (non-hydrogen) atoms. The fourth-order valence-corrected chi connectivity index (χ4v) is 3.03. The Hall–Kier alpha value is -1.93. The fraction of sp³-hybridized carbons (Fsp3) is 0.231. The van der Waals surface area contributed by atoms with Gasteiger partial charge in [-0.25, -0.2) is 4.98 Å². The molecule has 1 N–H and O–H groups in total. The number of hydrogen-bond donors (Lipinski definition) is 1. The highest BCUT2D eigenvalue weighted by Crippen LogP contribution is 2.23. The molecule has 108 valence electrons. The minimum absolute atomic E-state index is 0.116. The van der Waals surface area contributed by atoms with Gasteiger partial charge in [0.15, 0.2) is 5.16 Å². The summed E-state index contributed by atoms with van der Waals surface area (Å²) in [4.78, 5) is 24.0. The minimum atomic E-state index is -0.116. The number of aromatic amines is 1. The van der Waals surface area contributed by atoms with Crippen LogP contribution >= 0.6 is 23.1 Å². The highest BCUT2D eigenvalue weighted by Gasteiger charge is 2.11. The van der Waals surface area contributed by atoms with Crippen LogP contribution < -0.4 is 5.56 Å². The number of thiophene rings is 1. The van der Waals surface area contributed by atoms with E-state index in [0.29, 0.717) is 28.2 Å². The Morgan fingerprint density at radius 1 is 1.38 bits per heavy atom. The van der Waals surface area contributed by atoms with E-state index in [-0.39, 0.29) is 5.56 Å². The van der Waals surface area contributed by atoms with Crippen LogP contribution in [0.25, 0.3) is 10.7 Å². The Morgan fingerprint density at radius 2 is 2.24 bits per heavy atom. The topological polar surface area (TPSA) is 84.7 Å². The molecule has 3 heterocycles. The molecule has 0 atom stereocenters. The van der Waals surface area contributed by atoms with E-state index in [1.807, 2.05) is 24.4 Å². The van der Waals surface area contributed by atoms with Crippen molar-refractivity contribution in [1.82, 2.24) is 20.1 Å². The number of rotatable bonds is 4. The summed E-state index contributed by atoms with van der Waals surface area (Å²) in [6.45, 7) is 3.57. The van der Waals surface area contributed by atoms with Gasteiger partial charge in [-0.2, -0.15) is 4.98 Å². The zero-order chi connectivity index (χ0) is 14.8. The lowest BCUT2D eigenvalue weighted by molar-refractivity contribution is 0.391. The summed E-state index contributed by atoms with van der Waals surface area (Å²) in [5.74, 6) is 1.55. The smallest absolute Gasteiger partial charge is 0.254 e. The van der Waals surface area contributed by atoms with Crippen LogP contribution in [-0.4, -0.2) is 20.1 Å². The molecule has 0 bridgehead atoms. The van der Waals surface area contributed by atoms with Gasteiger partial charge in [-0.1, -0.05) is 23.0 Å². The van der Waals surface area contributed by atoms with Crippen LogP contribution in [0.1, 0.15) is 17.1 Å². The predicted molar refractivity (Wildman–Crippen MR) is 81.5 cm³/mol. The first-order valence-corrected chi connectivity index (χ1v) is 8.07. The summed E-state index contributed by atoms with van der Waals surface area (Å²) in [6, 6.07) is 3.88. The Kier molecular flexibility index (Phi) is 3.89. The average molecular weight is 320 g/mol. The molecule has 0 fully saturated rings. The Balaban J connectivity index is 1.72. The van der Waals surface area contributed by atoms with Crippen LogP contribution in [0.2, 0.25) is 0 Å². The lowest BCUT2D eigenvalue weighted by Gasteiger charge is -2.01. The first kappa shape index (κ1) is 14.0. The summed E-state index contributed by atoms with van der Waals surface area (Å²) in [5, 5.41) is 6.46. The van der Waals surface area contributed by atoms with Crippen molar-refractivity contribution in [3.05, 3.63) is 45.0 Å². The maximum Gasteiger partial charge on any atom is 0.254 e. The molecule has 0 saturated heterocycles. The number of aryl methyl sites for hydroxylation is 1. The van der Waals surface area contributed by atoms with Gasteiger partial charge in [0, 0.05) is 11.3 Å². The lowest BCUT2D eigenvalue weighted by Crippen LogP contribution is -2.14. The molecule has 6 nitrogen and oxygen atoms in total. The molecule has 0 aliphatic rings.